The van der Waals surface area contributed by atoms with Crippen LogP contribution < -0.4 is 9.47 Å². The van der Waals surface area contributed by atoms with E-state index >= 15 is 0 Å². The average Bonchev–Trinajstić information content (AvgIpc) is 3.41. The molecule has 0 saturated heterocycles. The van der Waals surface area contributed by atoms with Crippen LogP contribution in [0.5, 0.6) is 11.9 Å². The Morgan fingerprint density at radius 2 is 1.78 bits per heavy atom. The number of hydrogen-bond acceptors (Lipinski definition) is 7. The van der Waals surface area contributed by atoms with Crippen molar-refractivity contribution >= 4 is 34.9 Å². The van der Waals surface area contributed by atoms with Gasteiger partial charge in [-0.05, 0) is 37.6 Å². The summed E-state index contributed by atoms with van der Waals surface area (Å²) in [6.07, 6.45) is 4.91. The number of allylic oxidation sites excluding steroid dienone is 3. The molecule has 0 radical (unpaired) electrons. The van der Waals surface area contributed by atoms with Crippen LogP contribution in [-0.4, -0.2) is 50.3 Å². The first-order valence-electron chi connectivity index (χ1n) is 11.5. The van der Waals surface area contributed by atoms with E-state index < -0.39 is 6.04 Å². The van der Waals surface area contributed by atoms with Crippen LogP contribution in [0.4, 0.5) is 0 Å². The molecule has 37 heavy (non-hydrogen) atoms. The third-order valence-corrected chi connectivity index (χ3v) is 6.82. The lowest BCUT2D eigenvalue weighted by atomic mass is 10.0. The van der Waals surface area contributed by atoms with Gasteiger partial charge in [0.2, 0.25) is 5.88 Å². The Kier molecular flexibility index (Phi) is 6.51. The van der Waals surface area contributed by atoms with Gasteiger partial charge in [0, 0.05) is 29.4 Å². The average molecular weight is 540 g/mol. The molecule has 1 aromatic carbocycles. The van der Waals surface area contributed by atoms with Crippen molar-refractivity contribution in [2.45, 2.75) is 32.4 Å². The van der Waals surface area contributed by atoms with E-state index in [1.54, 1.807) is 29.3 Å². The van der Waals surface area contributed by atoms with Gasteiger partial charge in [-0.2, -0.15) is 4.98 Å². The number of methoxy groups -OCH3 is 2. The number of Topliss-reactive ketones (excluding diaryl/α,β-unsaturated/α-hetero) is 1. The van der Waals surface area contributed by atoms with E-state index in [-0.39, 0.29) is 46.8 Å². The predicted octanol–water partition coefficient (Wildman–Crippen LogP) is 5.12. The number of halogens is 2. The van der Waals surface area contributed by atoms with Crippen molar-refractivity contribution in [1.29, 1.82) is 0 Å². The largest absolute Gasteiger partial charge is 0.480 e. The monoisotopic (exact) mass is 539 g/mol. The Labute approximate surface area is 223 Å². The third-order valence-electron chi connectivity index (χ3n) is 6.25. The summed E-state index contributed by atoms with van der Waals surface area (Å²) in [6.45, 7) is 4.01. The molecule has 1 aliphatic carbocycles. The van der Waals surface area contributed by atoms with Gasteiger partial charge in [0.25, 0.3) is 5.91 Å². The van der Waals surface area contributed by atoms with E-state index in [0.29, 0.717) is 27.8 Å². The summed E-state index contributed by atoms with van der Waals surface area (Å²) >= 11 is 12.4. The summed E-state index contributed by atoms with van der Waals surface area (Å²) in [5, 5.41) is 0.653. The molecule has 9 nitrogen and oxygen atoms in total. The fourth-order valence-electron chi connectivity index (χ4n) is 4.64. The fourth-order valence-corrected chi connectivity index (χ4v) is 4.95. The molecule has 0 spiro atoms. The number of carbonyl (C=O) groups excluding carboxylic acids is 2. The van der Waals surface area contributed by atoms with Crippen LogP contribution in [0, 0.1) is 0 Å². The summed E-state index contributed by atoms with van der Waals surface area (Å²) < 4.78 is 12.6. The maximum absolute atomic E-state index is 14.0. The minimum Gasteiger partial charge on any atom is -0.480 e. The molecular weight excluding hydrogens is 517 g/mol. The van der Waals surface area contributed by atoms with Gasteiger partial charge >= 0.3 is 6.01 Å². The van der Waals surface area contributed by atoms with Crippen LogP contribution in [0.3, 0.4) is 0 Å². The quantitative estimate of drug-likeness (QED) is 0.428. The van der Waals surface area contributed by atoms with Gasteiger partial charge in [0.05, 0.1) is 30.5 Å². The van der Waals surface area contributed by atoms with Gasteiger partial charge < -0.3 is 14.0 Å². The number of benzene rings is 1. The molecule has 0 fully saturated rings. The Balaban J connectivity index is 1.75. The molecule has 0 saturated carbocycles. The third kappa shape index (κ3) is 4.18. The zero-order valence-corrected chi connectivity index (χ0v) is 22.0. The topological polar surface area (TPSA) is 99.4 Å². The maximum atomic E-state index is 14.0. The normalized spacial score (nSPS) is 17.2. The van der Waals surface area contributed by atoms with Crippen LogP contribution in [0.1, 0.15) is 54.1 Å². The highest BCUT2D eigenvalue weighted by molar-refractivity contribution is 6.43. The Morgan fingerprint density at radius 3 is 2.41 bits per heavy atom. The second-order valence-corrected chi connectivity index (χ2v) is 9.63. The number of rotatable bonds is 6. The molecule has 1 amide bonds. The number of imidazole rings is 1. The molecule has 2 aromatic heterocycles. The van der Waals surface area contributed by atoms with E-state index in [1.165, 1.54) is 20.3 Å². The van der Waals surface area contributed by atoms with Crippen molar-refractivity contribution in [1.82, 2.24) is 24.4 Å². The number of hydrogen-bond donors (Lipinski definition) is 0. The van der Waals surface area contributed by atoms with E-state index in [1.807, 2.05) is 30.5 Å². The molecule has 1 aliphatic heterocycles. The number of ether oxygens (including phenoxy) is 2. The van der Waals surface area contributed by atoms with Crippen LogP contribution in [0.25, 0.3) is 11.4 Å². The minimum atomic E-state index is -0.547. The summed E-state index contributed by atoms with van der Waals surface area (Å²) in [5.74, 6) is 0.252. The molecule has 0 N–H and O–H groups in total. The second-order valence-electron chi connectivity index (χ2n) is 8.79. The van der Waals surface area contributed by atoms with E-state index in [4.69, 9.17) is 37.7 Å². The lowest BCUT2D eigenvalue weighted by Gasteiger charge is -2.30. The zero-order chi connectivity index (χ0) is 26.4. The molecule has 3 heterocycles. The van der Waals surface area contributed by atoms with Crippen molar-refractivity contribution in [2.75, 3.05) is 14.2 Å². The number of nitrogens with zero attached hydrogens (tertiary/aromatic N) is 5. The molecule has 5 rings (SSSR count). The van der Waals surface area contributed by atoms with Gasteiger partial charge in [-0.25, -0.2) is 9.97 Å². The second kappa shape index (κ2) is 9.64. The van der Waals surface area contributed by atoms with Crippen molar-refractivity contribution in [3.05, 3.63) is 75.3 Å². The zero-order valence-electron chi connectivity index (χ0n) is 20.5. The standard InChI is InChI=1S/C26H23Cl2N5O4/c1-13(2)32-22-20(30-23(32)17-12-29-26(37-4)31-24(17)36-3)25(35)33(16-9-10-19(34)18(28)11-16)21(22)14-5-7-15(27)8-6-14/h5-9,11-13,21H,10H2,1-4H3. The smallest absolute Gasteiger partial charge is 0.319 e. The molecule has 2 aliphatic rings. The van der Waals surface area contributed by atoms with Crippen LogP contribution in [-0.2, 0) is 4.79 Å². The summed E-state index contributed by atoms with van der Waals surface area (Å²) in [4.78, 5) is 40.9. The Hall–Kier alpha value is -3.69. The van der Waals surface area contributed by atoms with Crippen molar-refractivity contribution < 1.29 is 19.1 Å². The molecule has 1 unspecified atom stereocenters. The first-order chi connectivity index (χ1) is 17.7. The maximum Gasteiger partial charge on any atom is 0.319 e. The van der Waals surface area contributed by atoms with Crippen LogP contribution in [0.2, 0.25) is 5.02 Å². The molecule has 1 atom stereocenters. The number of amides is 1. The van der Waals surface area contributed by atoms with Gasteiger partial charge in [0.1, 0.15) is 11.9 Å². The number of ketones is 1. The summed E-state index contributed by atoms with van der Waals surface area (Å²) in [5.41, 5.74) is 2.85. The van der Waals surface area contributed by atoms with Crippen LogP contribution in [0.15, 0.2) is 53.3 Å². The summed E-state index contributed by atoms with van der Waals surface area (Å²) in [7, 11) is 2.97. The number of aromatic nitrogens is 4. The van der Waals surface area contributed by atoms with Crippen molar-refractivity contribution in [3.8, 4) is 23.3 Å². The first kappa shape index (κ1) is 25.0. The minimum absolute atomic E-state index is 0.0808. The number of fused-ring (bicyclic) bond motifs is 1. The lowest BCUT2D eigenvalue weighted by molar-refractivity contribution is -0.114. The van der Waals surface area contributed by atoms with Crippen LogP contribution >= 0.6 is 23.2 Å². The molecule has 0 bridgehead atoms. The highest BCUT2D eigenvalue weighted by Gasteiger charge is 2.45. The predicted molar refractivity (Wildman–Crippen MR) is 138 cm³/mol. The van der Waals surface area contributed by atoms with E-state index in [9.17, 15) is 9.59 Å². The van der Waals surface area contributed by atoms with Crippen molar-refractivity contribution in [2.24, 2.45) is 0 Å². The SMILES string of the molecule is COc1ncc(-c2nc3c(n2C(C)C)C(c2ccc(Cl)cc2)N(C2=CCC(=O)C(Cl)=C2)C3=O)c(OC)n1. The molecule has 190 valence electrons. The molecule has 11 heteroatoms. The molecular formula is C26H23Cl2N5O4. The van der Waals surface area contributed by atoms with E-state index in [0.717, 1.165) is 5.56 Å². The highest BCUT2D eigenvalue weighted by atomic mass is 35.5. The van der Waals surface area contributed by atoms with E-state index in [2.05, 4.69) is 9.97 Å². The number of carbonyl (C=O) groups is 2. The lowest BCUT2D eigenvalue weighted by Crippen LogP contribution is -2.30. The Morgan fingerprint density at radius 1 is 1.05 bits per heavy atom. The fraction of sp³-hybridized carbons (Fsp3) is 0.269. The van der Waals surface area contributed by atoms with Gasteiger partial charge in [0.15, 0.2) is 11.5 Å². The van der Waals surface area contributed by atoms with Gasteiger partial charge in [-0.3, -0.25) is 14.5 Å². The summed E-state index contributed by atoms with van der Waals surface area (Å²) in [6, 6.07) is 6.80. The molecule has 3 aromatic rings. The highest BCUT2D eigenvalue weighted by Crippen LogP contribution is 2.46. The Bertz CT molecular complexity index is 1480. The first-order valence-corrected chi connectivity index (χ1v) is 12.3. The van der Waals surface area contributed by atoms with Gasteiger partial charge in [-0.1, -0.05) is 41.4 Å². The van der Waals surface area contributed by atoms with Gasteiger partial charge in [-0.15, -0.1) is 0 Å². The van der Waals surface area contributed by atoms with Crippen molar-refractivity contribution in [3.63, 3.8) is 0 Å².